The molecule has 0 saturated carbocycles. The predicted octanol–water partition coefficient (Wildman–Crippen LogP) is 3.14. The molecule has 1 aromatic rings. The maximum absolute atomic E-state index is 6.05. The van der Waals surface area contributed by atoms with E-state index in [1.54, 1.807) is 11.8 Å². The number of ether oxygens (including phenoxy) is 1. The van der Waals surface area contributed by atoms with Crippen LogP contribution in [0.2, 0.25) is 0 Å². The van der Waals surface area contributed by atoms with E-state index in [4.69, 9.17) is 4.74 Å². The highest BCUT2D eigenvalue weighted by Crippen LogP contribution is 2.21. The monoisotopic (exact) mass is 345 g/mol. The van der Waals surface area contributed by atoms with Gasteiger partial charge in [0.2, 0.25) is 0 Å². The Kier molecular flexibility index (Phi) is 5.74. The number of rotatable bonds is 5. The molecule has 2 aliphatic heterocycles. The Balaban J connectivity index is 1.54. The summed E-state index contributed by atoms with van der Waals surface area (Å²) in [5, 5.41) is 3.50. The zero-order valence-electron chi connectivity index (χ0n) is 14.7. The van der Waals surface area contributed by atoms with Gasteiger partial charge < -0.3 is 15.0 Å². The summed E-state index contributed by atoms with van der Waals surface area (Å²) in [5.41, 5.74) is 0. The maximum Gasteiger partial charge on any atom is 0.190 e. The molecule has 0 bridgehead atoms. The van der Waals surface area contributed by atoms with E-state index in [2.05, 4.69) is 65.6 Å². The highest BCUT2D eigenvalue weighted by Gasteiger charge is 2.22. The molecule has 1 saturated heterocycles. The molecule has 1 unspecified atom stereocenters. The largest absolute Gasteiger partial charge is 0.467 e. The zero-order chi connectivity index (χ0) is 16.9. The molecule has 1 atom stereocenters. The van der Waals surface area contributed by atoms with Crippen molar-refractivity contribution >= 4 is 11.8 Å². The number of allylic oxidation sites excluding steroid dienone is 2. The Labute approximate surface area is 149 Å². The molecule has 3 rings (SSSR count). The maximum atomic E-state index is 6.05. The van der Waals surface area contributed by atoms with Gasteiger partial charge in [0.1, 0.15) is 11.6 Å². The molecule has 0 aromatic heterocycles. The topological polar surface area (TPSA) is 27.7 Å². The Bertz CT molecular complexity index is 589. The van der Waals surface area contributed by atoms with Gasteiger partial charge in [-0.1, -0.05) is 6.08 Å². The number of nitrogens with zero attached hydrogens (tertiary/aromatic N) is 2. The Morgan fingerprint density at radius 3 is 2.46 bits per heavy atom. The number of nitrogens with one attached hydrogen (secondary N) is 1. The van der Waals surface area contributed by atoms with Crippen LogP contribution in [0.1, 0.15) is 13.8 Å². The normalized spacial score (nSPS) is 21.6. The SMILES string of the molecule is CSc1ccc(OC2C=CC=C(N3CCN(C(C)C)CC3)N2)cc1. The molecule has 0 amide bonds. The van der Waals surface area contributed by atoms with Crippen LogP contribution in [0.25, 0.3) is 0 Å². The van der Waals surface area contributed by atoms with Crippen molar-refractivity contribution in [1.29, 1.82) is 0 Å². The minimum absolute atomic E-state index is 0.117. The van der Waals surface area contributed by atoms with Crippen molar-refractivity contribution in [3.05, 3.63) is 48.3 Å². The average molecular weight is 346 g/mol. The van der Waals surface area contributed by atoms with Crippen molar-refractivity contribution < 1.29 is 4.74 Å². The van der Waals surface area contributed by atoms with Crippen molar-refractivity contribution in [2.75, 3.05) is 32.4 Å². The van der Waals surface area contributed by atoms with E-state index < -0.39 is 0 Å². The average Bonchev–Trinajstić information content (AvgIpc) is 2.63. The van der Waals surface area contributed by atoms with Crippen LogP contribution >= 0.6 is 11.8 Å². The first-order valence-electron chi connectivity index (χ1n) is 8.60. The van der Waals surface area contributed by atoms with Crippen LogP contribution in [0, 0.1) is 0 Å². The second-order valence-electron chi connectivity index (χ2n) is 6.41. The molecule has 4 nitrogen and oxygen atoms in total. The number of thioether (sulfide) groups is 1. The summed E-state index contributed by atoms with van der Waals surface area (Å²) in [6.07, 6.45) is 8.24. The summed E-state index contributed by atoms with van der Waals surface area (Å²) in [6, 6.07) is 8.87. The van der Waals surface area contributed by atoms with Gasteiger partial charge in [-0.05, 0) is 56.5 Å². The second-order valence-corrected chi connectivity index (χ2v) is 7.29. The summed E-state index contributed by atoms with van der Waals surface area (Å²) in [6.45, 7) is 8.87. The highest BCUT2D eigenvalue weighted by atomic mass is 32.2. The first kappa shape index (κ1) is 17.2. The third kappa shape index (κ3) is 4.28. The Hall–Kier alpha value is -1.59. The van der Waals surface area contributed by atoms with Gasteiger partial charge in [-0.25, -0.2) is 0 Å². The minimum atomic E-state index is -0.117. The van der Waals surface area contributed by atoms with Crippen molar-refractivity contribution in [1.82, 2.24) is 15.1 Å². The number of hydrogen-bond donors (Lipinski definition) is 1. The van der Waals surface area contributed by atoms with Crippen LogP contribution < -0.4 is 10.1 Å². The van der Waals surface area contributed by atoms with Crippen LogP contribution in [-0.4, -0.2) is 54.5 Å². The molecule has 0 spiro atoms. The fraction of sp³-hybridized carbons (Fsp3) is 0.474. The summed E-state index contributed by atoms with van der Waals surface area (Å²) >= 11 is 1.74. The first-order valence-corrected chi connectivity index (χ1v) is 9.83. The van der Waals surface area contributed by atoms with Crippen LogP contribution in [0.15, 0.2) is 53.2 Å². The smallest absolute Gasteiger partial charge is 0.190 e. The number of piperazine rings is 1. The molecule has 2 heterocycles. The zero-order valence-corrected chi connectivity index (χ0v) is 15.6. The Morgan fingerprint density at radius 2 is 1.83 bits per heavy atom. The second kappa shape index (κ2) is 7.99. The minimum Gasteiger partial charge on any atom is -0.467 e. The molecule has 5 heteroatoms. The molecule has 1 N–H and O–H groups in total. The van der Waals surface area contributed by atoms with E-state index in [0.717, 1.165) is 37.7 Å². The van der Waals surface area contributed by atoms with E-state index in [0.29, 0.717) is 6.04 Å². The third-order valence-electron chi connectivity index (χ3n) is 4.54. The van der Waals surface area contributed by atoms with Gasteiger partial charge in [0.25, 0.3) is 0 Å². The first-order chi connectivity index (χ1) is 11.7. The molecular weight excluding hydrogens is 318 g/mol. The van der Waals surface area contributed by atoms with Crippen LogP contribution in [-0.2, 0) is 0 Å². The van der Waals surface area contributed by atoms with E-state index in [-0.39, 0.29) is 6.23 Å². The number of hydrogen-bond acceptors (Lipinski definition) is 5. The van der Waals surface area contributed by atoms with E-state index in [1.807, 2.05) is 12.1 Å². The van der Waals surface area contributed by atoms with Gasteiger partial charge in [-0.2, -0.15) is 0 Å². The molecule has 1 fully saturated rings. The number of dihydropyridines is 1. The van der Waals surface area contributed by atoms with Crippen molar-refractivity contribution in [3.63, 3.8) is 0 Å². The lowest BCUT2D eigenvalue weighted by Crippen LogP contribution is -2.51. The van der Waals surface area contributed by atoms with Gasteiger partial charge >= 0.3 is 0 Å². The van der Waals surface area contributed by atoms with Crippen molar-refractivity contribution in [2.24, 2.45) is 0 Å². The standard InChI is InChI=1S/C19H27N3OS/c1-15(2)21-11-13-22(14-12-21)18-5-4-6-19(20-18)23-16-7-9-17(24-3)10-8-16/h4-10,15,19-20H,11-14H2,1-3H3. The molecule has 1 aromatic carbocycles. The fourth-order valence-electron chi connectivity index (χ4n) is 3.04. The third-order valence-corrected chi connectivity index (χ3v) is 5.28. The van der Waals surface area contributed by atoms with Crippen LogP contribution in [0.3, 0.4) is 0 Å². The molecule has 130 valence electrons. The molecule has 0 radical (unpaired) electrons. The summed E-state index contributed by atoms with van der Waals surface area (Å²) in [7, 11) is 0. The summed E-state index contributed by atoms with van der Waals surface area (Å²) in [5.74, 6) is 2.05. The van der Waals surface area contributed by atoms with Crippen molar-refractivity contribution in [2.45, 2.75) is 31.0 Å². The van der Waals surface area contributed by atoms with Crippen LogP contribution in [0.5, 0.6) is 5.75 Å². The quantitative estimate of drug-likeness (QED) is 0.828. The molecular formula is C19H27N3OS. The number of benzene rings is 1. The molecule has 24 heavy (non-hydrogen) atoms. The van der Waals surface area contributed by atoms with E-state index in [9.17, 15) is 0 Å². The highest BCUT2D eigenvalue weighted by molar-refractivity contribution is 7.98. The summed E-state index contributed by atoms with van der Waals surface area (Å²) in [4.78, 5) is 6.19. The Morgan fingerprint density at radius 1 is 1.12 bits per heavy atom. The predicted molar refractivity (Wildman–Crippen MR) is 101 cm³/mol. The lowest BCUT2D eigenvalue weighted by Gasteiger charge is -2.40. The van der Waals surface area contributed by atoms with E-state index in [1.165, 1.54) is 4.90 Å². The van der Waals surface area contributed by atoms with E-state index >= 15 is 0 Å². The molecule has 2 aliphatic rings. The van der Waals surface area contributed by atoms with Gasteiger partial charge in [-0.15, -0.1) is 11.8 Å². The van der Waals surface area contributed by atoms with Gasteiger partial charge in [0.15, 0.2) is 6.23 Å². The van der Waals surface area contributed by atoms with Gasteiger partial charge in [0.05, 0.1) is 0 Å². The lowest BCUT2D eigenvalue weighted by molar-refractivity contribution is 0.114. The van der Waals surface area contributed by atoms with Gasteiger partial charge in [0, 0.05) is 37.1 Å². The molecule has 0 aliphatic carbocycles. The van der Waals surface area contributed by atoms with Crippen molar-refractivity contribution in [3.8, 4) is 5.75 Å². The lowest BCUT2D eigenvalue weighted by atomic mass is 10.2. The van der Waals surface area contributed by atoms with Crippen LogP contribution in [0.4, 0.5) is 0 Å². The van der Waals surface area contributed by atoms with Gasteiger partial charge in [-0.3, -0.25) is 4.90 Å². The summed E-state index contributed by atoms with van der Waals surface area (Å²) < 4.78 is 6.05. The fourth-order valence-corrected chi connectivity index (χ4v) is 3.44.